The molecule has 2 aromatic rings. The maximum Gasteiger partial charge on any atom is 0.408 e. The van der Waals surface area contributed by atoms with Gasteiger partial charge in [0, 0.05) is 27.6 Å². The van der Waals surface area contributed by atoms with E-state index < -0.39 is 85.7 Å². The molecule has 0 radical (unpaired) electrons. The van der Waals surface area contributed by atoms with Crippen LogP contribution in [-0.4, -0.2) is 90.3 Å². The smallest absolute Gasteiger partial charge is 0.408 e. The zero-order valence-electron chi connectivity index (χ0n) is 30.7. The molecule has 284 valence electrons. The predicted octanol–water partition coefficient (Wildman–Crippen LogP) is 4.10. The number of pyridine rings is 1. The first-order chi connectivity index (χ1) is 24.1. The lowest BCUT2D eigenvalue weighted by molar-refractivity contribution is -0.143. The molecule has 0 bridgehead atoms. The summed E-state index contributed by atoms with van der Waals surface area (Å²) < 4.78 is 45.0. The standard InChI is InChI=1S/C36H48ClN5O9S/c1-10-20-16-36(20,32(45)41-52(47,48)22-12-13-22)40-29(43)27-19(2)26(50-30-24-15-21(37)11-14-23(24)25(49-9)17-38-30)18-42(27)31(44)28(34(3,4)5)39-33(46)51-35(6,7)8/h10-11,14-15,17,19-20,22,26-28H,1,12-13,16,18H2,2-9H3,(H,39,46)(H,40,43)(H,41,45)/t19-,20+,26-,27-,28-,36+/m0/s1. The van der Waals surface area contributed by atoms with E-state index in [4.69, 9.17) is 25.8 Å². The van der Waals surface area contributed by atoms with Gasteiger partial charge >= 0.3 is 6.09 Å². The van der Waals surface area contributed by atoms with Gasteiger partial charge in [0.25, 0.3) is 5.91 Å². The predicted molar refractivity (Wildman–Crippen MR) is 194 cm³/mol. The Balaban J connectivity index is 1.50. The van der Waals surface area contributed by atoms with Gasteiger partial charge in [-0.2, -0.15) is 0 Å². The molecule has 3 aliphatic rings. The van der Waals surface area contributed by atoms with E-state index in [9.17, 15) is 27.6 Å². The van der Waals surface area contributed by atoms with Crippen LogP contribution >= 0.6 is 11.6 Å². The van der Waals surface area contributed by atoms with Crippen molar-refractivity contribution in [2.45, 2.75) is 102 Å². The maximum absolute atomic E-state index is 14.6. The number of benzene rings is 1. The first-order valence-corrected chi connectivity index (χ1v) is 19.1. The molecule has 16 heteroatoms. The van der Waals surface area contributed by atoms with Crippen molar-refractivity contribution in [1.29, 1.82) is 0 Å². The number of alkyl carbamates (subject to hydrolysis) is 1. The number of carbonyl (C=O) groups excluding carboxylic acids is 4. The summed E-state index contributed by atoms with van der Waals surface area (Å²) in [6.45, 7) is 15.8. The van der Waals surface area contributed by atoms with Gasteiger partial charge in [0.2, 0.25) is 27.7 Å². The Morgan fingerprint density at radius 1 is 1.12 bits per heavy atom. The zero-order valence-corrected chi connectivity index (χ0v) is 32.3. The average molecular weight is 762 g/mol. The zero-order chi connectivity index (χ0) is 38.6. The van der Waals surface area contributed by atoms with Gasteiger partial charge in [-0.05, 0) is 63.6 Å². The Hall–Kier alpha value is -4.11. The molecule has 2 heterocycles. The van der Waals surface area contributed by atoms with Crippen molar-refractivity contribution in [2.24, 2.45) is 17.3 Å². The molecular weight excluding hydrogens is 714 g/mol. The van der Waals surface area contributed by atoms with Crippen LogP contribution in [0.25, 0.3) is 10.8 Å². The van der Waals surface area contributed by atoms with Gasteiger partial charge in [0.1, 0.15) is 35.1 Å². The van der Waals surface area contributed by atoms with Crippen LogP contribution in [0, 0.1) is 17.3 Å². The Morgan fingerprint density at radius 3 is 2.35 bits per heavy atom. The number of rotatable bonds is 11. The topological polar surface area (TPSA) is 182 Å². The van der Waals surface area contributed by atoms with E-state index in [2.05, 4.69) is 26.9 Å². The summed E-state index contributed by atoms with van der Waals surface area (Å²) in [5, 5.41) is 6.49. The van der Waals surface area contributed by atoms with Gasteiger partial charge in [-0.1, -0.05) is 45.4 Å². The second-order valence-corrected chi connectivity index (χ2v) is 18.3. The number of halogens is 1. The molecule has 5 rings (SSSR count). The Morgan fingerprint density at radius 2 is 1.79 bits per heavy atom. The number of sulfonamides is 1. The van der Waals surface area contributed by atoms with E-state index in [0.717, 1.165) is 0 Å². The highest BCUT2D eigenvalue weighted by atomic mass is 35.5. The molecule has 2 saturated carbocycles. The number of amides is 4. The highest BCUT2D eigenvalue weighted by Crippen LogP contribution is 2.46. The van der Waals surface area contributed by atoms with Crippen LogP contribution in [0.15, 0.2) is 37.1 Å². The molecule has 14 nitrogen and oxygen atoms in total. The molecule has 52 heavy (non-hydrogen) atoms. The minimum Gasteiger partial charge on any atom is -0.494 e. The summed E-state index contributed by atoms with van der Waals surface area (Å²) in [6.07, 6.45) is 2.38. The van der Waals surface area contributed by atoms with Crippen molar-refractivity contribution in [2.75, 3.05) is 13.7 Å². The van der Waals surface area contributed by atoms with Crippen molar-refractivity contribution in [1.82, 2.24) is 25.2 Å². The molecule has 3 N–H and O–H groups in total. The molecule has 6 atom stereocenters. The monoisotopic (exact) mass is 761 g/mol. The van der Waals surface area contributed by atoms with Crippen molar-refractivity contribution < 1.29 is 41.8 Å². The van der Waals surface area contributed by atoms with Crippen LogP contribution in [0.1, 0.15) is 67.7 Å². The van der Waals surface area contributed by atoms with E-state index in [-0.39, 0.29) is 18.8 Å². The van der Waals surface area contributed by atoms with Crippen molar-refractivity contribution in [3.8, 4) is 11.6 Å². The first-order valence-electron chi connectivity index (χ1n) is 17.2. The Labute approximate surface area is 309 Å². The lowest BCUT2D eigenvalue weighted by Gasteiger charge is -2.36. The fourth-order valence-corrected chi connectivity index (χ4v) is 8.06. The highest BCUT2D eigenvalue weighted by molar-refractivity contribution is 7.91. The normalized spacial score (nSPS) is 25.1. The van der Waals surface area contributed by atoms with Crippen LogP contribution in [0.2, 0.25) is 5.02 Å². The van der Waals surface area contributed by atoms with Crippen LogP contribution < -0.4 is 24.8 Å². The van der Waals surface area contributed by atoms with E-state index in [1.807, 2.05) is 0 Å². The Kier molecular flexibility index (Phi) is 10.6. The van der Waals surface area contributed by atoms with Crippen molar-refractivity contribution in [3.63, 3.8) is 0 Å². The lowest BCUT2D eigenvalue weighted by Crippen LogP contribution is -2.61. The third kappa shape index (κ3) is 8.09. The van der Waals surface area contributed by atoms with E-state index in [1.165, 1.54) is 24.3 Å². The van der Waals surface area contributed by atoms with Gasteiger partial charge in [-0.3, -0.25) is 19.1 Å². The van der Waals surface area contributed by atoms with Gasteiger partial charge < -0.3 is 29.7 Å². The van der Waals surface area contributed by atoms with E-state index >= 15 is 0 Å². The number of fused-ring (bicyclic) bond motifs is 1. The first kappa shape index (κ1) is 39.1. The molecule has 3 fully saturated rings. The summed E-state index contributed by atoms with van der Waals surface area (Å²) in [5.74, 6) is -2.71. The highest BCUT2D eigenvalue weighted by Gasteiger charge is 2.62. The lowest BCUT2D eigenvalue weighted by atomic mass is 9.85. The third-order valence-corrected chi connectivity index (χ3v) is 11.7. The minimum atomic E-state index is -3.92. The van der Waals surface area contributed by atoms with Crippen molar-refractivity contribution in [3.05, 3.63) is 42.1 Å². The second kappa shape index (κ2) is 14.0. The molecule has 1 aromatic carbocycles. The minimum absolute atomic E-state index is 0.101. The summed E-state index contributed by atoms with van der Waals surface area (Å²) in [4.78, 5) is 61.3. The van der Waals surface area contributed by atoms with Crippen LogP contribution in [0.5, 0.6) is 11.6 Å². The fraction of sp³-hybridized carbons (Fsp3) is 0.583. The quantitative estimate of drug-likeness (QED) is 0.282. The average Bonchev–Trinajstić information content (AvgIpc) is 3.96. The molecule has 1 aromatic heterocycles. The van der Waals surface area contributed by atoms with E-state index in [1.54, 1.807) is 66.7 Å². The largest absolute Gasteiger partial charge is 0.494 e. The number of hydrogen-bond acceptors (Lipinski definition) is 10. The summed E-state index contributed by atoms with van der Waals surface area (Å²) in [6, 6.07) is 2.78. The molecule has 0 unspecified atom stereocenters. The Bertz CT molecular complexity index is 1890. The molecule has 4 amide bonds. The summed E-state index contributed by atoms with van der Waals surface area (Å²) in [7, 11) is -2.41. The number of ether oxygens (including phenoxy) is 3. The van der Waals surface area contributed by atoms with Crippen LogP contribution in [0.3, 0.4) is 0 Å². The van der Waals surface area contributed by atoms with Gasteiger partial charge in [-0.15, -0.1) is 6.58 Å². The number of aromatic nitrogens is 1. The number of nitrogens with one attached hydrogen (secondary N) is 3. The number of nitrogens with zero attached hydrogens (tertiary/aromatic N) is 2. The summed E-state index contributed by atoms with van der Waals surface area (Å²) in [5.41, 5.74) is -3.27. The molecule has 0 spiro atoms. The SMILES string of the molecule is C=C[C@@H]1C[C@]1(NC(=O)[C@@H]1[C@@H](C)[C@@H](Oc2ncc(OC)c3ccc(Cl)cc23)CN1C(=O)[C@H](NC(=O)OC(C)(C)C)C(C)(C)C)C(=O)NS(=O)(=O)C1CC1. The van der Waals surface area contributed by atoms with Gasteiger partial charge in [0.15, 0.2) is 0 Å². The molecule has 1 aliphatic heterocycles. The van der Waals surface area contributed by atoms with Crippen LogP contribution in [-0.2, 0) is 29.1 Å². The maximum atomic E-state index is 14.6. The molecule has 2 aliphatic carbocycles. The number of carbonyl (C=O) groups is 4. The van der Waals surface area contributed by atoms with Crippen molar-refractivity contribution >= 4 is 56.2 Å². The van der Waals surface area contributed by atoms with E-state index in [0.29, 0.717) is 34.4 Å². The van der Waals surface area contributed by atoms with Gasteiger partial charge in [-0.25, -0.2) is 18.2 Å². The third-order valence-electron chi connectivity index (χ3n) is 9.63. The number of hydrogen-bond donors (Lipinski definition) is 3. The fourth-order valence-electron chi connectivity index (χ4n) is 6.53. The molecule has 1 saturated heterocycles. The number of likely N-dealkylation sites (tertiary alicyclic amines) is 1. The van der Waals surface area contributed by atoms with Crippen LogP contribution in [0.4, 0.5) is 4.79 Å². The van der Waals surface area contributed by atoms with Gasteiger partial charge in [0.05, 0.1) is 25.1 Å². The number of methoxy groups -OCH3 is 1. The summed E-state index contributed by atoms with van der Waals surface area (Å²) >= 11 is 6.35. The second-order valence-electron chi connectivity index (χ2n) is 15.9. The molecular formula is C36H48ClN5O9S.